The summed E-state index contributed by atoms with van der Waals surface area (Å²) in [6, 6.07) is 12.2. The number of aryl methyl sites for hydroxylation is 2. The van der Waals surface area contributed by atoms with E-state index in [0.29, 0.717) is 13.2 Å². The molecule has 8 nitrogen and oxygen atoms in total. The number of hydrogen-bond donors (Lipinski definition) is 2. The molecule has 0 bridgehead atoms. The number of hydrogen-bond acceptors (Lipinski definition) is 6. The van der Waals surface area contributed by atoms with Crippen molar-refractivity contribution in [2.75, 3.05) is 31.6 Å². The minimum atomic E-state index is -3.73. The molecule has 2 N–H and O–H groups in total. The van der Waals surface area contributed by atoms with E-state index >= 15 is 0 Å². The molecule has 1 unspecified atom stereocenters. The molecule has 1 aliphatic carbocycles. The smallest absolute Gasteiger partial charge is 0.263 e. The van der Waals surface area contributed by atoms with Crippen LogP contribution < -0.4 is 10.6 Å². The van der Waals surface area contributed by atoms with Gasteiger partial charge in [-0.1, -0.05) is 29.8 Å². The standard InChI is InChI=1S/C26H29ClN4O4S/c1-18(20-7-6-19-4-2-3-5-21(19)14-20)30-26(32)22(16-28)17-29-25-15-23(8-9-24(25)27)36(33,34)31-10-12-35-13-11-31/h6-9,14-15,17-18,29H,2-5,10-13H2,1H3,(H,30,32)/b22-17-. The lowest BCUT2D eigenvalue weighted by Crippen LogP contribution is -2.40. The molecule has 2 aromatic carbocycles. The molecule has 1 fully saturated rings. The molecular weight excluding hydrogens is 500 g/mol. The van der Waals surface area contributed by atoms with E-state index in [1.54, 1.807) is 0 Å². The van der Waals surface area contributed by atoms with Crippen molar-refractivity contribution in [2.24, 2.45) is 0 Å². The number of sulfonamides is 1. The summed E-state index contributed by atoms with van der Waals surface area (Å²) in [5, 5.41) is 15.5. The minimum absolute atomic E-state index is 0.0636. The number of halogens is 1. The summed E-state index contributed by atoms with van der Waals surface area (Å²) in [6.07, 6.45) is 5.73. The number of nitrogens with one attached hydrogen (secondary N) is 2. The monoisotopic (exact) mass is 528 g/mol. The third kappa shape index (κ3) is 5.90. The Morgan fingerprint density at radius 1 is 1.14 bits per heavy atom. The van der Waals surface area contributed by atoms with Crippen LogP contribution in [0.25, 0.3) is 0 Å². The Bertz CT molecular complexity index is 1310. The van der Waals surface area contributed by atoms with Gasteiger partial charge in [0.25, 0.3) is 5.91 Å². The van der Waals surface area contributed by atoms with E-state index in [-0.39, 0.29) is 40.3 Å². The molecule has 0 saturated carbocycles. The van der Waals surface area contributed by atoms with Crippen molar-refractivity contribution in [1.29, 1.82) is 5.26 Å². The van der Waals surface area contributed by atoms with Gasteiger partial charge in [-0.3, -0.25) is 4.79 Å². The fourth-order valence-electron chi connectivity index (χ4n) is 4.39. The second-order valence-corrected chi connectivity index (χ2v) is 11.2. The SMILES string of the molecule is CC(NC(=O)/C(C#N)=C\Nc1cc(S(=O)(=O)N2CCOCC2)ccc1Cl)c1ccc2c(c1)CCCC2. The number of fused-ring (bicyclic) bond motifs is 1. The summed E-state index contributed by atoms with van der Waals surface area (Å²) in [7, 11) is -3.73. The molecule has 1 amide bonds. The van der Waals surface area contributed by atoms with Crippen LogP contribution in [0, 0.1) is 11.3 Å². The van der Waals surface area contributed by atoms with Gasteiger partial charge in [-0.05, 0) is 67.5 Å². The number of benzene rings is 2. The average molecular weight is 529 g/mol. The summed E-state index contributed by atoms with van der Waals surface area (Å²) >= 11 is 6.26. The van der Waals surface area contributed by atoms with Gasteiger partial charge < -0.3 is 15.4 Å². The summed E-state index contributed by atoms with van der Waals surface area (Å²) < 4.78 is 32.5. The van der Waals surface area contributed by atoms with Crippen LogP contribution in [0.15, 0.2) is 53.1 Å². The summed E-state index contributed by atoms with van der Waals surface area (Å²) in [4.78, 5) is 12.9. The van der Waals surface area contributed by atoms with Crippen molar-refractivity contribution in [3.8, 4) is 6.07 Å². The second kappa shape index (κ2) is 11.4. The number of nitriles is 1. The summed E-state index contributed by atoms with van der Waals surface area (Å²) in [5.74, 6) is -0.538. The van der Waals surface area contributed by atoms with Crippen LogP contribution >= 0.6 is 11.6 Å². The van der Waals surface area contributed by atoms with Crippen molar-refractivity contribution in [1.82, 2.24) is 9.62 Å². The highest BCUT2D eigenvalue weighted by Crippen LogP contribution is 2.28. The van der Waals surface area contributed by atoms with Crippen LogP contribution in [0.1, 0.15) is 42.5 Å². The van der Waals surface area contributed by atoms with Crippen molar-refractivity contribution in [3.63, 3.8) is 0 Å². The van der Waals surface area contributed by atoms with Crippen molar-refractivity contribution < 1.29 is 17.9 Å². The Labute approximate surface area is 216 Å². The Kier molecular flexibility index (Phi) is 8.32. The number of carbonyl (C=O) groups is 1. The highest BCUT2D eigenvalue weighted by molar-refractivity contribution is 7.89. The van der Waals surface area contributed by atoms with E-state index in [0.717, 1.165) is 18.4 Å². The van der Waals surface area contributed by atoms with Crippen molar-refractivity contribution in [3.05, 3.63) is 69.9 Å². The predicted molar refractivity (Wildman–Crippen MR) is 138 cm³/mol. The van der Waals surface area contributed by atoms with Crippen LogP contribution in [-0.4, -0.2) is 44.9 Å². The maximum Gasteiger partial charge on any atom is 0.263 e. The molecule has 1 saturated heterocycles. The van der Waals surface area contributed by atoms with Gasteiger partial charge in [-0.15, -0.1) is 0 Å². The highest BCUT2D eigenvalue weighted by Gasteiger charge is 2.27. The lowest BCUT2D eigenvalue weighted by atomic mass is 9.89. The van der Waals surface area contributed by atoms with Crippen LogP contribution in [0.3, 0.4) is 0 Å². The van der Waals surface area contributed by atoms with Crippen LogP contribution in [0.2, 0.25) is 5.02 Å². The first kappa shape index (κ1) is 26.2. The molecule has 2 aliphatic rings. The van der Waals surface area contributed by atoms with Gasteiger partial charge in [0.05, 0.1) is 34.9 Å². The maximum absolute atomic E-state index is 13.0. The lowest BCUT2D eigenvalue weighted by molar-refractivity contribution is -0.117. The van der Waals surface area contributed by atoms with Gasteiger partial charge in [0, 0.05) is 19.3 Å². The highest BCUT2D eigenvalue weighted by atomic mass is 35.5. The van der Waals surface area contributed by atoms with Gasteiger partial charge in [0.2, 0.25) is 10.0 Å². The van der Waals surface area contributed by atoms with E-state index in [1.165, 1.54) is 52.7 Å². The molecule has 190 valence electrons. The number of morpholine rings is 1. The van der Waals surface area contributed by atoms with Crippen molar-refractivity contribution >= 4 is 33.2 Å². The lowest BCUT2D eigenvalue weighted by Gasteiger charge is -2.26. The van der Waals surface area contributed by atoms with Crippen LogP contribution in [0.5, 0.6) is 0 Å². The molecule has 4 rings (SSSR count). The molecular formula is C26H29ClN4O4S. The van der Waals surface area contributed by atoms with Crippen LogP contribution in [-0.2, 0) is 32.4 Å². The number of carbonyl (C=O) groups excluding carboxylic acids is 1. The molecule has 10 heteroatoms. The summed E-state index contributed by atoms with van der Waals surface area (Å²) in [6.45, 7) is 3.10. The number of ether oxygens (including phenoxy) is 1. The first-order chi connectivity index (χ1) is 17.3. The molecule has 2 aromatic rings. The molecule has 1 atom stereocenters. The van der Waals surface area contributed by atoms with Crippen LogP contribution in [0.4, 0.5) is 5.69 Å². The molecule has 36 heavy (non-hydrogen) atoms. The fraction of sp³-hybridized carbons (Fsp3) is 0.385. The largest absolute Gasteiger partial charge is 0.379 e. The zero-order valence-electron chi connectivity index (χ0n) is 20.1. The average Bonchev–Trinajstić information content (AvgIpc) is 2.90. The molecule has 0 aromatic heterocycles. The van der Waals surface area contributed by atoms with E-state index < -0.39 is 15.9 Å². The normalized spacial score (nSPS) is 17.5. The first-order valence-electron chi connectivity index (χ1n) is 12.0. The predicted octanol–water partition coefficient (Wildman–Crippen LogP) is 3.94. The molecule has 0 radical (unpaired) electrons. The van der Waals surface area contributed by atoms with E-state index in [4.69, 9.17) is 16.3 Å². The van der Waals surface area contributed by atoms with Gasteiger partial charge in [0.15, 0.2) is 0 Å². The molecule has 1 aliphatic heterocycles. The first-order valence-corrected chi connectivity index (χ1v) is 13.8. The van der Waals surface area contributed by atoms with E-state index in [9.17, 15) is 18.5 Å². The zero-order chi connectivity index (χ0) is 25.7. The van der Waals surface area contributed by atoms with E-state index in [2.05, 4.69) is 22.8 Å². The van der Waals surface area contributed by atoms with Crippen molar-refractivity contribution in [2.45, 2.75) is 43.5 Å². The second-order valence-electron chi connectivity index (χ2n) is 8.90. The fourth-order valence-corrected chi connectivity index (χ4v) is 6.00. The maximum atomic E-state index is 13.0. The minimum Gasteiger partial charge on any atom is -0.379 e. The number of amides is 1. The number of nitrogens with zero attached hydrogens (tertiary/aromatic N) is 2. The number of rotatable bonds is 7. The third-order valence-electron chi connectivity index (χ3n) is 6.50. The number of anilines is 1. The van der Waals surface area contributed by atoms with Gasteiger partial charge >= 0.3 is 0 Å². The third-order valence-corrected chi connectivity index (χ3v) is 8.73. The molecule has 0 spiro atoms. The van der Waals surface area contributed by atoms with E-state index in [1.807, 2.05) is 19.1 Å². The summed E-state index contributed by atoms with van der Waals surface area (Å²) in [5.41, 5.74) is 3.78. The Morgan fingerprint density at radius 3 is 2.58 bits per heavy atom. The Hall–Kier alpha value is -2.90. The zero-order valence-corrected chi connectivity index (χ0v) is 21.7. The Morgan fingerprint density at radius 2 is 1.86 bits per heavy atom. The Balaban J connectivity index is 1.46. The van der Waals surface area contributed by atoms with Gasteiger partial charge in [-0.2, -0.15) is 9.57 Å². The van der Waals surface area contributed by atoms with Gasteiger partial charge in [-0.25, -0.2) is 8.42 Å². The molecule has 1 heterocycles. The topological polar surface area (TPSA) is 112 Å². The van der Waals surface area contributed by atoms with Gasteiger partial charge in [0.1, 0.15) is 11.6 Å². The quantitative estimate of drug-likeness (QED) is 0.416.